The minimum Gasteiger partial charge on any atom is -0.469 e. The summed E-state index contributed by atoms with van der Waals surface area (Å²) in [6.45, 7) is 0. The van der Waals surface area contributed by atoms with Crippen LogP contribution in [0.1, 0.15) is 38.5 Å². The van der Waals surface area contributed by atoms with E-state index < -0.39 is 0 Å². The van der Waals surface area contributed by atoms with Gasteiger partial charge in [0.05, 0.1) is 7.11 Å². The predicted molar refractivity (Wildman–Crippen MR) is 118 cm³/mol. The Bertz CT molecular complexity index is 821. The fraction of sp³-hybridized carbons (Fsp3) is 0.333. The molecule has 0 saturated heterocycles. The lowest BCUT2D eigenvalue weighted by Gasteiger charge is -2.01. The molecule has 0 radical (unpaired) electrons. The molecule has 0 unspecified atom stereocenters. The number of unbranched alkanes of at least 4 members (excludes halogenated alkanes) is 4. The molecule has 3 aromatic rings. The number of aromatic nitrogens is 1. The highest BCUT2D eigenvalue weighted by Crippen LogP contribution is 2.35. The highest BCUT2D eigenvalue weighted by atomic mass is 32.2. The van der Waals surface area contributed by atoms with E-state index >= 15 is 0 Å². The molecule has 0 aliphatic heterocycles. The summed E-state index contributed by atoms with van der Waals surface area (Å²) in [6, 6.07) is 20.3. The smallest absolute Gasteiger partial charge is 0.305 e. The van der Waals surface area contributed by atoms with E-state index in [0.29, 0.717) is 11.6 Å². The number of esters is 1. The van der Waals surface area contributed by atoms with Gasteiger partial charge >= 0.3 is 5.97 Å². The van der Waals surface area contributed by atoms with Gasteiger partial charge in [-0.3, -0.25) is 4.79 Å². The number of ether oxygens (including phenoxy) is 1. The molecule has 2 aromatic carbocycles. The fourth-order valence-electron chi connectivity index (χ4n) is 3.10. The molecular weight excluding hydrogens is 382 g/mol. The van der Waals surface area contributed by atoms with Crippen LogP contribution in [0.3, 0.4) is 0 Å². The Kier molecular flexibility index (Phi) is 8.38. The maximum absolute atomic E-state index is 11.1. The standard InChI is InChI=1S/C24H27NO3S/c1-27-21(26)17-11-3-2-4-12-18-29-24-25-22(19-13-7-5-8-14-19)23(28-24)20-15-9-6-10-16-20/h5-10,13-16H,2-4,11-12,17-18H2,1H3. The highest BCUT2D eigenvalue weighted by molar-refractivity contribution is 7.99. The Labute approximate surface area is 176 Å². The molecule has 0 amide bonds. The lowest BCUT2D eigenvalue weighted by molar-refractivity contribution is -0.140. The van der Waals surface area contributed by atoms with Gasteiger partial charge in [-0.2, -0.15) is 0 Å². The summed E-state index contributed by atoms with van der Waals surface area (Å²) in [6.07, 6.45) is 5.87. The minimum atomic E-state index is -0.118. The summed E-state index contributed by atoms with van der Waals surface area (Å²) in [4.78, 5) is 15.9. The Morgan fingerprint density at radius 2 is 1.52 bits per heavy atom. The third kappa shape index (κ3) is 6.50. The van der Waals surface area contributed by atoms with Gasteiger partial charge in [0.15, 0.2) is 5.76 Å². The lowest BCUT2D eigenvalue weighted by atomic mass is 10.1. The molecule has 0 atom stereocenters. The number of nitrogens with zero attached hydrogens (tertiary/aromatic N) is 1. The molecule has 4 nitrogen and oxygen atoms in total. The van der Waals surface area contributed by atoms with Gasteiger partial charge in [-0.1, -0.05) is 91.7 Å². The van der Waals surface area contributed by atoms with Crippen molar-refractivity contribution in [1.29, 1.82) is 0 Å². The Balaban J connectivity index is 1.54. The van der Waals surface area contributed by atoms with Gasteiger partial charge in [0.2, 0.25) is 0 Å². The summed E-state index contributed by atoms with van der Waals surface area (Å²) in [5.74, 6) is 1.68. The number of hydrogen-bond donors (Lipinski definition) is 0. The van der Waals surface area contributed by atoms with E-state index in [1.54, 1.807) is 11.8 Å². The SMILES string of the molecule is COC(=O)CCCCCCCSc1nc(-c2ccccc2)c(-c2ccccc2)o1. The van der Waals surface area contributed by atoms with Crippen LogP contribution in [0.5, 0.6) is 0 Å². The van der Waals surface area contributed by atoms with Crippen molar-refractivity contribution in [2.75, 3.05) is 12.9 Å². The number of thioether (sulfide) groups is 1. The zero-order valence-corrected chi connectivity index (χ0v) is 17.6. The van der Waals surface area contributed by atoms with Crippen molar-refractivity contribution in [1.82, 2.24) is 4.98 Å². The van der Waals surface area contributed by atoms with E-state index in [2.05, 4.69) is 29.0 Å². The van der Waals surface area contributed by atoms with Crippen LogP contribution in [0.2, 0.25) is 0 Å². The molecule has 1 aromatic heterocycles. The summed E-state index contributed by atoms with van der Waals surface area (Å²) in [7, 11) is 1.44. The van der Waals surface area contributed by atoms with Crippen LogP contribution in [0.15, 0.2) is 70.3 Å². The predicted octanol–water partition coefficient (Wildman–Crippen LogP) is 6.61. The largest absolute Gasteiger partial charge is 0.469 e. The zero-order valence-electron chi connectivity index (χ0n) is 16.8. The van der Waals surface area contributed by atoms with Crippen molar-refractivity contribution >= 4 is 17.7 Å². The van der Waals surface area contributed by atoms with Gasteiger partial charge in [0.1, 0.15) is 5.69 Å². The average molecular weight is 410 g/mol. The second-order valence-corrected chi connectivity index (χ2v) is 7.88. The molecule has 0 fully saturated rings. The monoisotopic (exact) mass is 409 g/mol. The van der Waals surface area contributed by atoms with Crippen LogP contribution in [0, 0.1) is 0 Å². The number of benzene rings is 2. The van der Waals surface area contributed by atoms with Gasteiger partial charge in [-0.15, -0.1) is 0 Å². The number of rotatable bonds is 11. The first-order valence-corrected chi connectivity index (χ1v) is 11.1. The van der Waals surface area contributed by atoms with Gasteiger partial charge < -0.3 is 9.15 Å². The molecule has 0 bridgehead atoms. The molecule has 0 aliphatic rings. The molecule has 5 heteroatoms. The van der Waals surface area contributed by atoms with Crippen LogP contribution in [0.4, 0.5) is 0 Å². The number of oxazole rings is 1. The molecule has 0 spiro atoms. The van der Waals surface area contributed by atoms with Crippen molar-refractivity contribution in [3.05, 3.63) is 60.7 Å². The number of methoxy groups -OCH3 is 1. The number of carbonyl (C=O) groups is 1. The van der Waals surface area contributed by atoms with E-state index in [1.807, 2.05) is 36.4 Å². The Morgan fingerprint density at radius 3 is 2.21 bits per heavy atom. The lowest BCUT2D eigenvalue weighted by Crippen LogP contribution is -1.99. The summed E-state index contributed by atoms with van der Waals surface area (Å²) >= 11 is 1.67. The van der Waals surface area contributed by atoms with Crippen LogP contribution in [0.25, 0.3) is 22.6 Å². The molecule has 3 rings (SSSR count). The molecular formula is C24H27NO3S. The van der Waals surface area contributed by atoms with Crippen molar-refractivity contribution in [2.45, 2.75) is 43.7 Å². The maximum atomic E-state index is 11.1. The van der Waals surface area contributed by atoms with Crippen molar-refractivity contribution in [2.24, 2.45) is 0 Å². The first-order chi connectivity index (χ1) is 14.3. The van der Waals surface area contributed by atoms with Crippen molar-refractivity contribution in [3.8, 4) is 22.6 Å². The zero-order chi connectivity index (χ0) is 20.3. The fourth-order valence-corrected chi connectivity index (χ4v) is 3.92. The molecule has 0 saturated carbocycles. The van der Waals surface area contributed by atoms with E-state index in [9.17, 15) is 4.79 Å². The highest BCUT2D eigenvalue weighted by Gasteiger charge is 2.16. The topological polar surface area (TPSA) is 52.3 Å². The molecule has 0 aliphatic carbocycles. The molecule has 1 heterocycles. The number of hydrogen-bond acceptors (Lipinski definition) is 5. The van der Waals surface area contributed by atoms with Gasteiger partial charge in [-0.25, -0.2) is 4.98 Å². The Hall–Kier alpha value is -2.53. The summed E-state index contributed by atoms with van der Waals surface area (Å²) in [5, 5.41) is 0.716. The van der Waals surface area contributed by atoms with E-state index in [1.165, 1.54) is 7.11 Å². The molecule has 0 N–H and O–H groups in total. The van der Waals surface area contributed by atoms with Crippen molar-refractivity contribution in [3.63, 3.8) is 0 Å². The summed E-state index contributed by atoms with van der Waals surface area (Å²) < 4.78 is 10.8. The van der Waals surface area contributed by atoms with Gasteiger partial charge in [0.25, 0.3) is 5.22 Å². The maximum Gasteiger partial charge on any atom is 0.305 e. The Morgan fingerprint density at radius 1 is 0.897 bits per heavy atom. The second kappa shape index (κ2) is 11.5. The van der Waals surface area contributed by atoms with Crippen LogP contribution in [-0.2, 0) is 9.53 Å². The van der Waals surface area contributed by atoms with Gasteiger partial charge in [0, 0.05) is 23.3 Å². The number of carbonyl (C=O) groups excluding carboxylic acids is 1. The first-order valence-electron chi connectivity index (χ1n) is 10.1. The quantitative estimate of drug-likeness (QED) is 0.202. The van der Waals surface area contributed by atoms with Crippen LogP contribution >= 0.6 is 11.8 Å². The summed E-state index contributed by atoms with van der Waals surface area (Å²) in [5.41, 5.74) is 2.99. The molecule has 29 heavy (non-hydrogen) atoms. The second-order valence-electron chi connectivity index (χ2n) is 6.83. The van der Waals surface area contributed by atoms with Gasteiger partial charge in [-0.05, 0) is 12.8 Å². The third-order valence-corrected chi connectivity index (χ3v) is 5.58. The van der Waals surface area contributed by atoms with Crippen molar-refractivity contribution < 1.29 is 13.9 Å². The van der Waals surface area contributed by atoms with Crippen LogP contribution in [-0.4, -0.2) is 23.8 Å². The third-order valence-electron chi connectivity index (χ3n) is 4.67. The van der Waals surface area contributed by atoms with Crippen LogP contribution < -0.4 is 0 Å². The van der Waals surface area contributed by atoms with E-state index in [0.717, 1.165) is 60.4 Å². The van der Waals surface area contributed by atoms with E-state index in [-0.39, 0.29) is 5.97 Å². The first kappa shape index (κ1) is 21.2. The molecule has 152 valence electrons. The van der Waals surface area contributed by atoms with E-state index in [4.69, 9.17) is 9.40 Å². The normalized spacial score (nSPS) is 10.8. The average Bonchev–Trinajstić information content (AvgIpc) is 3.21. The minimum absolute atomic E-state index is 0.118.